The van der Waals surface area contributed by atoms with Crippen molar-refractivity contribution in [1.29, 1.82) is 0 Å². The van der Waals surface area contributed by atoms with Gasteiger partial charge in [-0.3, -0.25) is 14.8 Å². The number of aromatic amines is 1. The van der Waals surface area contributed by atoms with E-state index in [1.165, 1.54) is 12.2 Å². The highest BCUT2D eigenvalue weighted by Gasteiger charge is 2.22. The molecule has 0 bridgehead atoms. The molecule has 2 N–H and O–H groups in total. The highest BCUT2D eigenvalue weighted by Crippen LogP contribution is 2.24. The van der Waals surface area contributed by atoms with Crippen LogP contribution in [0.2, 0.25) is 0 Å². The molecule has 1 atom stereocenters. The number of amides is 1. The largest absolute Gasteiger partial charge is 0.307 e. The van der Waals surface area contributed by atoms with Gasteiger partial charge in [-0.2, -0.15) is 16.9 Å². The number of nitrogens with zero attached hydrogens (tertiary/aromatic N) is 2. The average molecular weight is 347 g/mol. The van der Waals surface area contributed by atoms with Crippen LogP contribution in [0.3, 0.4) is 0 Å². The van der Waals surface area contributed by atoms with Crippen LogP contribution in [0.15, 0.2) is 4.47 Å². The number of anilines is 1. The van der Waals surface area contributed by atoms with Crippen molar-refractivity contribution in [3.63, 3.8) is 0 Å². The van der Waals surface area contributed by atoms with Crippen LogP contribution in [0.25, 0.3) is 0 Å². The molecule has 7 heteroatoms. The molecule has 2 heterocycles. The van der Waals surface area contributed by atoms with E-state index in [9.17, 15) is 4.79 Å². The lowest BCUT2D eigenvalue weighted by molar-refractivity contribution is -0.117. The Bertz CT molecular complexity index is 445. The van der Waals surface area contributed by atoms with Crippen molar-refractivity contribution in [2.45, 2.75) is 25.8 Å². The topological polar surface area (TPSA) is 61.0 Å². The molecule has 1 aliphatic heterocycles. The number of aromatic nitrogens is 2. The van der Waals surface area contributed by atoms with Crippen LogP contribution in [0.4, 0.5) is 5.82 Å². The highest BCUT2D eigenvalue weighted by atomic mass is 79.9. The Morgan fingerprint density at radius 3 is 3.05 bits per heavy atom. The summed E-state index contributed by atoms with van der Waals surface area (Å²) < 4.78 is 0.849. The maximum absolute atomic E-state index is 12.0. The zero-order valence-corrected chi connectivity index (χ0v) is 13.6. The zero-order valence-electron chi connectivity index (χ0n) is 11.2. The van der Waals surface area contributed by atoms with Crippen molar-refractivity contribution in [1.82, 2.24) is 15.1 Å². The Morgan fingerprint density at radius 1 is 1.68 bits per heavy atom. The van der Waals surface area contributed by atoms with Gasteiger partial charge in [0, 0.05) is 11.8 Å². The summed E-state index contributed by atoms with van der Waals surface area (Å²) in [6.07, 6.45) is 2.02. The number of likely N-dealkylation sites (N-methyl/N-ethyl adjacent to an activating group) is 1. The lowest BCUT2D eigenvalue weighted by atomic mass is 10.2. The molecular weight excluding hydrogens is 328 g/mol. The number of hydrogen-bond acceptors (Lipinski definition) is 4. The molecule has 0 aromatic carbocycles. The molecule has 1 aromatic heterocycles. The van der Waals surface area contributed by atoms with Crippen LogP contribution in [0, 0.1) is 0 Å². The minimum Gasteiger partial charge on any atom is -0.307 e. The summed E-state index contributed by atoms with van der Waals surface area (Å²) in [5.74, 6) is 2.88. The van der Waals surface area contributed by atoms with Crippen LogP contribution >= 0.6 is 27.7 Å². The standard InChI is InChI=1S/C12H19BrN4OS/c1-3-9-11(13)12(16-15-9)14-10(18)6-17(2)8-4-5-19-7-8/h8H,3-7H2,1-2H3,(H2,14,15,16,18). The SMILES string of the molecule is CCc1[nH]nc(NC(=O)CN(C)C2CCSC2)c1Br. The van der Waals surface area contributed by atoms with Gasteiger partial charge in [0.2, 0.25) is 5.91 Å². The molecule has 106 valence electrons. The first-order valence-electron chi connectivity index (χ1n) is 6.42. The Kier molecular flexibility index (Phi) is 5.29. The smallest absolute Gasteiger partial charge is 0.239 e. The molecule has 1 aromatic rings. The molecule has 1 unspecified atom stereocenters. The molecule has 5 nitrogen and oxygen atoms in total. The second-order valence-corrected chi connectivity index (χ2v) is 6.64. The molecule has 1 fully saturated rings. The number of thioether (sulfide) groups is 1. The predicted octanol–water partition coefficient (Wildman–Crippen LogP) is 2.11. The molecule has 0 aliphatic carbocycles. The summed E-state index contributed by atoms with van der Waals surface area (Å²) in [5.41, 5.74) is 0.996. The number of aryl methyl sites for hydroxylation is 1. The molecule has 2 rings (SSSR count). The molecule has 0 spiro atoms. The van der Waals surface area contributed by atoms with Crippen LogP contribution < -0.4 is 5.32 Å². The van der Waals surface area contributed by atoms with Crippen molar-refractivity contribution in [3.8, 4) is 0 Å². The Morgan fingerprint density at radius 2 is 2.47 bits per heavy atom. The van der Waals surface area contributed by atoms with E-state index in [0.717, 1.165) is 22.3 Å². The first-order chi connectivity index (χ1) is 9.11. The summed E-state index contributed by atoms with van der Waals surface area (Å²) in [6, 6.07) is 0.518. The van der Waals surface area contributed by atoms with E-state index in [0.29, 0.717) is 18.4 Å². The van der Waals surface area contributed by atoms with Gasteiger partial charge in [0.1, 0.15) is 0 Å². The highest BCUT2D eigenvalue weighted by molar-refractivity contribution is 9.10. The fraction of sp³-hybridized carbons (Fsp3) is 0.667. The first kappa shape index (κ1) is 14.9. The molecule has 19 heavy (non-hydrogen) atoms. The molecule has 1 aliphatic rings. The van der Waals surface area contributed by atoms with E-state index in [1.54, 1.807) is 0 Å². The van der Waals surface area contributed by atoms with Gasteiger partial charge >= 0.3 is 0 Å². The molecule has 1 saturated heterocycles. The Balaban J connectivity index is 1.88. The maximum atomic E-state index is 12.0. The van der Waals surface area contributed by atoms with Crippen molar-refractivity contribution in [2.24, 2.45) is 0 Å². The summed E-state index contributed by atoms with van der Waals surface area (Å²) >= 11 is 5.40. The van der Waals surface area contributed by atoms with E-state index in [1.807, 2.05) is 25.7 Å². The van der Waals surface area contributed by atoms with Gasteiger partial charge in [0.05, 0.1) is 16.7 Å². The second kappa shape index (κ2) is 6.76. The van der Waals surface area contributed by atoms with Gasteiger partial charge in [-0.05, 0) is 41.6 Å². The van der Waals surface area contributed by atoms with Gasteiger partial charge in [-0.25, -0.2) is 0 Å². The van der Waals surface area contributed by atoms with Crippen molar-refractivity contribution >= 4 is 39.4 Å². The lowest BCUT2D eigenvalue weighted by Crippen LogP contribution is -2.38. The fourth-order valence-electron chi connectivity index (χ4n) is 2.08. The van der Waals surface area contributed by atoms with Gasteiger partial charge < -0.3 is 5.32 Å². The quantitative estimate of drug-likeness (QED) is 0.857. The normalized spacial score (nSPS) is 19.1. The number of carbonyl (C=O) groups excluding carboxylic acids is 1. The Labute approximate surface area is 126 Å². The monoisotopic (exact) mass is 346 g/mol. The summed E-state index contributed by atoms with van der Waals surface area (Å²) in [5, 5.41) is 9.86. The van der Waals surface area contributed by atoms with Crippen molar-refractivity contribution in [2.75, 3.05) is 30.4 Å². The third-order valence-corrected chi connectivity index (χ3v) is 5.31. The number of halogens is 1. The minimum absolute atomic E-state index is 0.0192. The van der Waals surface area contributed by atoms with E-state index in [-0.39, 0.29) is 5.91 Å². The van der Waals surface area contributed by atoms with Crippen LogP contribution in [0.5, 0.6) is 0 Å². The van der Waals surface area contributed by atoms with Gasteiger partial charge in [0.15, 0.2) is 5.82 Å². The summed E-state index contributed by atoms with van der Waals surface area (Å²) in [4.78, 5) is 14.1. The van der Waals surface area contributed by atoms with Crippen molar-refractivity contribution in [3.05, 3.63) is 10.2 Å². The first-order valence-corrected chi connectivity index (χ1v) is 8.37. The molecule has 1 amide bonds. The van der Waals surface area contributed by atoms with Crippen LogP contribution in [0.1, 0.15) is 19.0 Å². The number of H-pyrrole nitrogens is 1. The predicted molar refractivity (Wildman–Crippen MR) is 82.7 cm³/mol. The van der Waals surface area contributed by atoms with Crippen LogP contribution in [-0.4, -0.2) is 52.1 Å². The zero-order chi connectivity index (χ0) is 13.8. The Hall–Kier alpha value is -0.530. The van der Waals surface area contributed by atoms with Gasteiger partial charge in [0.25, 0.3) is 0 Å². The van der Waals surface area contributed by atoms with E-state index >= 15 is 0 Å². The summed E-state index contributed by atoms with van der Waals surface area (Å²) in [6.45, 7) is 2.45. The third kappa shape index (κ3) is 3.73. The fourth-order valence-corrected chi connectivity index (χ4v) is 3.93. The van der Waals surface area contributed by atoms with E-state index in [2.05, 4.69) is 36.3 Å². The van der Waals surface area contributed by atoms with Crippen LogP contribution in [-0.2, 0) is 11.2 Å². The number of nitrogens with one attached hydrogen (secondary N) is 2. The molecule has 0 saturated carbocycles. The maximum Gasteiger partial charge on any atom is 0.239 e. The van der Waals surface area contributed by atoms with E-state index < -0.39 is 0 Å². The van der Waals surface area contributed by atoms with Crippen molar-refractivity contribution < 1.29 is 4.79 Å². The summed E-state index contributed by atoms with van der Waals surface area (Å²) in [7, 11) is 2.01. The average Bonchev–Trinajstić information content (AvgIpc) is 3.00. The number of hydrogen-bond donors (Lipinski definition) is 2. The van der Waals surface area contributed by atoms with E-state index in [4.69, 9.17) is 0 Å². The lowest BCUT2D eigenvalue weighted by Gasteiger charge is -2.22. The minimum atomic E-state index is -0.0192. The van der Waals surface area contributed by atoms with Gasteiger partial charge in [-0.15, -0.1) is 0 Å². The van der Waals surface area contributed by atoms with Gasteiger partial charge in [-0.1, -0.05) is 6.92 Å². The number of carbonyl (C=O) groups is 1. The molecular formula is C12H19BrN4OS. The third-order valence-electron chi connectivity index (χ3n) is 3.31. The molecule has 0 radical (unpaired) electrons. The second-order valence-electron chi connectivity index (χ2n) is 4.70. The number of rotatable bonds is 5.